The zero-order valence-corrected chi connectivity index (χ0v) is 14.8. The van der Waals surface area contributed by atoms with Gasteiger partial charge in [-0.25, -0.2) is 4.39 Å². The molecule has 3 nitrogen and oxygen atoms in total. The molecule has 0 bridgehead atoms. The number of quaternary nitrogens is 1. The summed E-state index contributed by atoms with van der Waals surface area (Å²) >= 11 is 11.3. The molecule has 0 atom stereocenters. The molecule has 0 amide bonds. The van der Waals surface area contributed by atoms with E-state index in [4.69, 9.17) is 23.8 Å². The Labute approximate surface area is 152 Å². The average molecular weight is 365 g/mol. The van der Waals surface area contributed by atoms with Crippen LogP contribution in [0, 0.1) is 5.82 Å². The lowest BCUT2D eigenvalue weighted by Crippen LogP contribution is -3.13. The van der Waals surface area contributed by atoms with Crippen molar-refractivity contribution in [2.45, 2.75) is 6.54 Å². The van der Waals surface area contributed by atoms with E-state index in [0.29, 0.717) is 10.8 Å². The third kappa shape index (κ3) is 4.44. The molecule has 2 N–H and O–H groups in total. The largest absolute Gasteiger partial charge is 0.338 e. The minimum absolute atomic E-state index is 0.0972. The van der Waals surface area contributed by atoms with E-state index in [2.05, 4.69) is 34.5 Å². The summed E-state index contributed by atoms with van der Waals surface area (Å²) in [6.07, 6.45) is 0. The van der Waals surface area contributed by atoms with Gasteiger partial charge in [-0.1, -0.05) is 41.9 Å². The highest BCUT2D eigenvalue weighted by atomic mass is 35.5. The van der Waals surface area contributed by atoms with E-state index in [1.807, 2.05) is 6.07 Å². The van der Waals surface area contributed by atoms with Crippen molar-refractivity contribution in [2.75, 3.05) is 31.5 Å². The normalized spacial score (nSPS) is 15.3. The molecular weight excluding hydrogens is 345 g/mol. The van der Waals surface area contributed by atoms with Gasteiger partial charge in [-0.3, -0.25) is 0 Å². The monoisotopic (exact) mass is 364 g/mol. The van der Waals surface area contributed by atoms with Crippen LogP contribution in [-0.4, -0.2) is 36.2 Å². The highest BCUT2D eigenvalue weighted by Crippen LogP contribution is 2.19. The van der Waals surface area contributed by atoms with Crippen molar-refractivity contribution >= 4 is 34.6 Å². The number of anilines is 1. The van der Waals surface area contributed by atoms with Crippen LogP contribution in [0.1, 0.15) is 5.56 Å². The summed E-state index contributed by atoms with van der Waals surface area (Å²) in [5.41, 5.74) is 2.08. The Bertz CT molecular complexity index is 703. The molecule has 0 radical (unpaired) electrons. The van der Waals surface area contributed by atoms with Crippen molar-refractivity contribution in [3.63, 3.8) is 0 Å². The van der Waals surface area contributed by atoms with Crippen LogP contribution >= 0.6 is 23.8 Å². The molecule has 1 aliphatic rings. The average Bonchev–Trinajstić information content (AvgIpc) is 2.60. The minimum Gasteiger partial charge on any atom is -0.338 e. The van der Waals surface area contributed by atoms with Gasteiger partial charge in [-0.15, -0.1) is 0 Å². The van der Waals surface area contributed by atoms with E-state index in [0.717, 1.165) is 32.7 Å². The Hall–Kier alpha value is -1.69. The number of nitrogens with zero attached hydrogens (tertiary/aromatic N) is 1. The van der Waals surface area contributed by atoms with Crippen molar-refractivity contribution in [3.8, 4) is 0 Å². The number of hydrogen-bond donors (Lipinski definition) is 2. The van der Waals surface area contributed by atoms with Crippen molar-refractivity contribution in [1.82, 2.24) is 4.90 Å². The van der Waals surface area contributed by atoms with Gasteiger partial charge in [0.25, 0.3) is 0 Å². The van der Waals surface area contributed by atoms with E-state index in [1.165, 1.54) is 11.6 Å². The SMILES string of the molecule is Fc1ccc(NC(=S)N2CC[NH+](Cc3ccccc3)CC2)cc1Cl. The first-order valence-electron chi connectivity index (χ1n) is 8.00. The Morgan fingerprint density at radius 1 is 1.17 bits per heavy atom. The number of thiocarbonyl (C=S) groups is 1. The highest BCUT2D eigenvalue weighted by Gasteiger charge is 2.21. The smallest absolute Gasteiger partial charge is 0.173 e. The van der Waals surface area contributed by atoms with Gasteiger partial charge in [0.2, 0.25) is 0 Å². The third-order valence-electron chi connectivity index (χ3n) is 4.23. The summed E-state index contributed by atoms with van der Waals surface area (Å²) in [4.78, 5) is 3.71. The molecule has 1 heterocycles. The lowest BCUT2D eigenvalue weighted by molar-refractivity contribution is -0.917. The van der Waals surface area contributed by atoms with Crippen LogP contribution in [0.25, 0.3) is 0 Å². The summed E-state index contributed by atoms with van der Waals surface area (Å²) in [6, 6.07) is 15.1. The number of benzene rings is 2. The number of hydrogen-bond acceptors (Lipinski definition) is 1. The maximum atomic E-state index is 13.2. The molecule has 0 unspecified atom stereocenters. The van der Waals surface area contributed by atoms with Crippen LogP contribution in [0.4, 0.5) is 10.1 Å². The molecule has 0 aromatic heterocycles. The maximum Gasteiger partial charge on any atom is 0.173 e. The van der Waals surface area contributed by atoms with Crippen LogP contribution in [0.15, 0.2) is 48.5 Å². The van der Waals surface area contributed by atoms with E-state index in [-0.39, 0.29) is 5.02 Å². The second kappa shape index (κ2) is 7.92. The highest BCUT2D eigenvalue weighted by molar-refractivity contribution is 7.80. The van der Waals surface area contributed by atoms with Gasteiger partial charge in [-0.05, 0) is 30.4 Å². The lowest BCUT2D eigenvalue weighted by atomic mass is 10.2. The lowest BCUT2D eigenvalue weighted by Gasteiger charge is -2.34. The van der Waals surface area contributed by atoms with Crippen molar-refractivity contribution < 1.29 is 9.29 Å². The van der Waals surface area contributed by atoms with Crippen LogP contribution in [0.2, 0.25) is 5.02 Å². The van der Waals surface area contributed by atoms with E-state index in [1.54, 1.807) is 17.0 Å². The molecule has 3 rings (SSSR count). The Kier molecular flexibility index (Phi) is 5.66. The van der Waals surface area contributed by atoms with Crippen LogP contribution < -0.4 is 10.2 Å². The Balaban J connectivity index is 1.50. The fourth-order valence-electron chi connectivity index (χ4n) is 2.86. The molecule has 0 aliphatic carbocycles. The summed E-state index contributed by atoms with van der Waals surface area (Å²) in [5, 5.41) is 3.90. The van der Waals surface area contributed by atoms with E-state index in [9.17, 15) is 4.39 Å². The first-order valence-corrected chi connectivity index (χ1v) is 8.79. The quantitative estimate of drug-likeness (QED) is 0.817. The van der Waals surface area contributed by atoms with Gasteiger partial charge >= 0.3 is 0 Å². The molecule has 24 heavy (non-hydrogen) atoms. The first kappa shape index (κ1) is 17.1. The van der Waals surface area contributed by atoms with Crippen molar-refractivity contribution in [1.29, 1.82) is 0 Å². The molecule has 1 fully saturated rings. The Morgan fingerprint density at radius 3 is 2.54 bits per heavy atom. The molecule has 0 spiro atoms. The predicted octanol–water partition coefficient (Wildman–Crippen LogP) is 2.58. The number of rotatable bonds is 3. The summed E-state index contributed by atoms with van der Waals surface area (Å²) in [5.74, 6) is -0.425. The number of nitrogens with one attached hydrogen (secondary N) is 2. The van der Waals surface area contributed by atoms with Gasteiger partial charge < -0.3 is 15.1 Å². The first-order chi connectivity index (χ1) is 11.6. The molecular formula is C18H20ClFN3S+. The standard InChI is InChI=1S/C18H19ClFN3S/c19-16-12-15(6-7-17(16)20)21-18(24)23-10-8-22(9-11-23)13-14-4-2-1-3-5-14/h1-7,12H,8-11,13H2,(H,21,24)/p+1. The zero-order valence-electron chi connectivity index (χ0n) is 13.3. The molecule has 1 saturated heterocycles. The van der Waals surface area contributed by atoms with Gasteiger partial charge in [0, 0.05) is 11.3 Å². The van der Waals surface area contributed by atoms with Crippen LogP contribution in [-0.2, 0) is 6.54 Å². The van der Waals surface area contributed by atoms with Gasteiger partial charge in [0.15, 0.2) is 5.11 Å². The molecule has 126 valence electrons. The molecule has 6 heteroatoms. The summed E-state index contributed by atoms with van der Waals surface area (Å²) < 4.78 is 13.2. The maximum absolute atomic E-state index is 13.2. The van der Waals surface area contributed by atoms with Gasteiger partial charge in [0.05, 0.1) is 31.2 Å². The fraction of sp³-hybridized carbons (Fsp3) is 0.278. The van der Waals surface area contributed by atoms with Gasteiger partial charge in [-0.2, -0.15) is 0 Å². The van der Waals surface area contributed by atoms with Crippen molar-refractivity contribution in [3.05, 3.63) is 64.9 Å². The van der Waals surface area contributed by atoms with Gasteiger partial charge in [0.1, 0.15) is 12.4 Å². The summed E-state index contributed by atoms with van der Waals surface area (Å²) in [7, 11) is 0. The zero-order chi connectivity index (χ0) is 16.9. The fourth-order valence-corrected chi connectivity index (χ4v) is 3.34. The summed E-state index contributed by atoms with van der Waals surface area (Å²) in [6.45, 7) is 4.94. The predicted molar refractivity (Wildman–Crippen MR) is 100 cm³/mol. The van der Waals surface area contributed by atoms with Crippen LogP contribution in [0.5, 0.6) is 0 Å². The molecule has 2 aromatic carbocycles. The van der Waals surface area contributed by atoms with E-state index >= 15 is 0 Å². The second-order valence-electron chi connectivity index (χ2n) is 5.96. The third-order valence-corrected chi connectivity index (χ3v) is 4.88. The second-order valence-corrected chi connectivity index (χ2v) is 6.75. The molecule has 1 aliphatic heterocycles. The van der Waals surface area contributed by atoms with E-state index < -0.39 is 5.82 Å². The Morgan fingerprint density at radius 2 is 1.88 bits per heavy atom. The number of halogens is 2. The molecule has 0 saturated carbocycles. The molecule has 2 aromatic rings. The van der Waals surface area contributed by atoms with Crippen molar-refractivity contribution in [2.24, 2.45) is 0 Å². The minimum atomic E-state index is -0.425. The van der Waals surface area contributed by atoms with Crippen LogP contribution in [0.3, 0.4) is 0 Å². The number of piperazine rings is 1. The topological polar surface area (TPSA) is 19.7 Å².